The third-order valence-corrected chi connectivity index (χ3v) is 2.76. The molecule has 0 saturated carbocycles. The third-order valence-electron chi connectivity index (χ3n) is 2.76. The zero-order valence-electron chi connectivity index (χ0n) is 12.6. The Bertz CT molecular complexity index is 503. The van der Waals surface area contributed by atoms with Gasteiger partial charge in [0.15, 0.2) is 5.57 Å². The maximum Gasteiger partial charge on any atom is 0.347 e. The number of ether oxygens (including phenoxy) is 2. The highest BCUT2D eigenvalue weighted by Crippen LogP contribution is 2.16. The Kier molecular flexibility index (Phi) is 7.01. The summed E-state index contributed by atoms with van der Waals surface area (Å²) in [5, 5.41) is 2.98. The summed E-state index contributed by atoms with van der Waals surface area (Å²) in [6.07, 6.45) is 2.18. The van der Waals surface area contributed by atoms with Gasteiger partial charge < -0.3 is 14.8 Å². The van der Waals surface area contributed by atoms with Gasteiger partial charge in [-0.15, -0.1) is 0 Å². The predicted molar refractivity (Wildman–Crippen MR) is 80.8 cm³/mol. The van der Waals surface area contributed by atoms with E-state index in [9.17, 15) is 9.59 Å². The smallest absolute Gasteiger partial charge is 0.347 e. The van der Waals surface area contributed by atoms with E-state index in [2.05, 4.69) is 5.32 Å². The van der Waals surface area contributed by atoms with Crippen LogP contribution in [0.1, 0.15) is 26.3 Å². The molecule has 0 aliphatic rings. The standard InChI is InChI=1S/C16H21NO4/c1-4-12-9-7-8-10-14(12)17-11-13(15(18)20-5-2)16(19)21-6-3/h7-11,17H,4-6H2,1-3H3. The first-order valence-electron chi connectivity index (χ1n) is 7.02. The number of aryl methyl sites for hydroxylation is 1. The molecule has 0 unspecified atom stereocenters. The van der Waals surface area contributed by atoms with Crippen LogP contribution in [0.15, 0.2) is 36.0 Å². The highest BCUT2D eigenvalue weighted by atomic mass is 16.6. The molecular formula is C16H21NO4. The second kappa shape index (κ2) is 8.79. The van der Waals surface area contributed by atoms with Crippen molar-refractivity contribution in [1.82, 2.24) is 0 Å². The number of carbonyl (C=O) groups is 2. The van der Waals surface area contributed by atoms with Crippen molar-refractivity contribution in [2.45, 2.75) is 27.2 Å². The van der Waals surface area contributed by atoms with Gasteiger partial charge in [0.2, 0.25) is 0 Å². The maximum atomic E-state index is 11.8. The van der Waals surface area contributed by atoms with Crippen LogP contribution in [-0.2, 0) is 25.5 Å². The van der Waals surface area contributed by atoms with E-state index in [1.807, 2.05) is 31.2 Å². The molecule has 1 N–H and O–H groups in total. The van der Waals surface area contributed by atoms with Gasteiger partial charge >= 0.3 is 11.9 Å². The van der Waals surface area contributed by atoms with E-state index in [0.29, 0.717) is 0 Å². The molecular weight excluding hydrogens is 270 g/mol. The second-order valence-corrected chi connectivity index (χ2v) is 4.15. The van der Waals surface area contributed by atoms with Gasteiger partial charge in [-0.3, -0.25) is 0 Å². The van der Waals surface area contributed by atoms with Crippen LogP contribution in [-0.4, -0.2) is 25.2 Å². The molecule has 0 atom stereocenters. The fourth-order valence-electron chi connectivity index (χ4n) is 1.74. The van der Waals surface area contributed by atoms with Gasteiger partial charge in [-0.2, -0.15) is 0 Å². The Balaban J connectivity index is 2.97. The summed E-state index contributed by atoms with van der Waals surface area (Å²) in [5.41, 5.74) is 1.77. The van der Waals surface area contributed by atoms with E-state index in [-0.39, 0.29) is 18.8 Å². The van der Waals surface area contributed by atoms with Gasteiger partial charge in [-0.25, -0.2) is 9.59 Å². The van der Waals surface area contributed by atoms with Crippen molar-refractivity contribution in [3.05, 3.63) is 41.6 Å². The van der Waals surface area contributed by atoms with E-state index in [1.165, 1.54) is 6.20 Å². The minimum absolute atomic E-state index is 0.149. The summed E-state index contributed by atoms with van der Waals surface area (Å²) in [4.78, 5) is 23.6. The first-order chi connectivity index (χ1) is 10.1. The SMILES string of the molecule is CCOC(=O)C(=CNc1ccccc1CC)C(=O)OCC. The van der Waals surface area contributed by atoms with Crippen LogP contribution in [0.2, 0.25) is 0 Å². The molecule has 114 valence electrons. The highest BCUT2D eigenvalue weighted by Gasteiger charge is 2.20. The van der Waals surface area contributed by atoms with E-state index in [4.69, 9.17) is 9.47 Å². The molecule has 0 radical (unpaired) electrons. The maximum absolute atomic E-state index is 11.8. The number of para-hydroxylation sites is 1. The molecule has 0 aliphatic carbocycles. The molecule has 5 heteroatoms. The molecule has 0 amide bonds. The fraction of sp³-hybridized carbons (Fsp3) is 0.375. The topological polar surface area (TPSA) is 64.6 Å². The zero-order valence-corrected chi connectivity index (χ0v) is 12.6. The fourth-order valence-corrected chi connectivity index (χ4v) is 1.74. The van der Waals surface area contributed by atoms with Crippen LogP contribution in [0, 0.1) is 0 Å². The van der Waals surface area contributed by atoms with Crippen LogP contribution in [0.4, 0.5) is 5.69 Å². The lowest BCUT2D eigenvalue weighted by Gasteiger charge is -2.10. The zero-order chi connectivity index (χ0) is 15.7. The van der Waals surface area contributed by atoms with Gasteiger partial charge in [0, 0.05) is 11.9 Å². The molecule has 0 fully saturated rings. The molecule has 1 rings (SSSR count). The normalized spacial score (nSPS) is 9.67. The summed E-state index contributed by atoms with van der Waals surface area (Å²) >= 11 is 0. The summed E-state index contributed by atoms with van der Waals surface area (Å²) in [5.74, 6) is -1.39. The molecule has 0 spiro atoms. The number of benzene rings is 1. The minimum atomic E-state index is -0.697. The second-order valence-electron chi connectivity index (χ2n) is 4.15. The molecule has 0 heterocycles. The monoisotopic (exact) mass is 291 g/mol. The molecule has 1 aromatic rings. The van der Waals surface area contributed by atoms with Gasteiger partial charge in [-0.05, 0) is 31.9 Å². The summed E-state index contributed by atoms with van der Waals surface area (Å²) in [6, 6.07) is 7.67. The molecule has 5 nitrogen and oxygen atoms in total. The highest BCUT2D eigenvalue weighted by molar-refractivity contribution is 6.14. The first-order valence-corrected chi connectivity index (χ1v) is 7.02. The lowest BCUT2D eigenvalue weighted by atomic mass is 10.1. The number of nitrogens with one attached hydrogen (secondary N) is 1. The van der Waals surface area contributed by atoms with E-state index < -0.39 is 11.9 Å². The molecule has 0 bridgehead atoms. The van der Waals surface area contributed by atoms with Gasteiger partial charge in [0.1, 0.15) is 0 Å². The Morgan fingerprint density at radius 2 is 1.62 bits per heavy atom. The van der Waals surface area contributed by atoms with Gasteiger partial charge in [0.25, 0.3) is 0 Å². The van der Waals surface area contributed by atoms with Crippen molar-refractivity contribution in [3.8, 4) is 0 Å². The number of esters is 2. The summed E-state index contributed by atoms with van der Waals surface area (Å²) in [7, 11) is 0. The average molecular weight is 291 g/mol. The Hall–Kier alpha value is -2.30. The largest absolute Gasteiger partial charge is 0.462 e. The Morgan fingerprint density at radius 1 is 1.05 bits per heavy atom. The molecule has 0 saturated heterocycles. The van der Waals surface area contributed by atoms with E-state index in [1.54, 1.807) is 13.8 Å². The average Bonchev–Trinajstić information content (AvgIpc) is 2.48. The van der Waals surface area contributed by atoms with Crippen LogP contribution >= 0.6 is 0 Å². The third kappa shape index (κ3) is 4.95. The Labute approximate surface area is 124 Å². The predicted octanol–water partition coefficient (Wildman–Crippen LogP) is 2.67. The number of hydrogen-bond acceptors (Lipinski definition) is 5. The van der Waals surface area contributed by atoms with E-state index in [0.717, 1.165) is 17.7 Å². The van der Waals surface area contributed by atoms with Crippen LogP contribution in [0.5, 0.6) is 0 Å². The van der Waals surface area contributed by atoms with Crippen molar-refractivity contribution in [3.63, 3.8) is 0 Å². The van der Waals surface area contributed by atoms with Gasteiger partial charge in [-0.1, -0.05) is 25.1 Å². The van der Waals surface area contributed by atoms with Gasteiger partial charge in [0.05, 0.1) is 13.2 Å². The summed E-state index contributed by atoms with van der Waals surface area (Å²) < 4.78 is 9.74. The van der Waals surface area contributed by atoms with Crippen molar-refractivity contribution in [2.24, 2.45) is 0 Å². The summed E-state index contributed by atoms with van der Waals surface area (Å²) in [6.45, 7) is 5.78. The quantitative estimate of drug-likeness (QED) is 0.362. The van der Waals surface area contributed by atoms with Crippen molar-refractivity contribution in [1.29, 1.82) is 0 Å². The van der Waals surface area contributed by atoms with Crippen molar-refractivity contribution >= 4 is 17.6 Å². The number of carbonyl (C=O) groups excluding carboxylic acids is 2. The van der Waals surface area contributed by atoms with Crippen LogP contribution in [0.3, 0.4) is 0 Å². The molecule has 21 heavy (non-hydrogen) atoms. The lowest BCUT2D eigenvalue weighted by Crippen LogP contribution is -2.19. The number of rotatable bonds is 7. The molecule has 1 aromatic carbocycles. The lowest BCUT2D eigenvalue weighted by molar-refractivity contribution is -0.146. The number of anilines is 1. The van der Waals surface area contributed by atoms with Crippen LogP contribution < -0.4 is 5.32 Å². The van der Waals surface area contributed by atoms with Crippen molar-refractivity contribution < 1.29 is 19.1 Å². The molecule has 0 aliphatic heterocycles. The Morgan fingerprint density at radius 3 is 2.14 bits per heavy atom. The van der Waals surface area contributed by atoms with Crippen LogP contribution in [0.25, 0.3) is 0 Å². The molecule has 0 aromatic heterocycles. The van der Waals surface area contributed by atoms with Crippen molar-refractivity contribution in [2.75, 3.05) is 18.5 Å². The first kappa shape index (κ1) is 16.8. The minimum Gasteiger partial charge on any atom is -0.462 e. The number of hydrogen-bond donors (Lipinski definition) is 1. The van der Waals surface area contributed by atoms with E-state index >= 15 is 0 Å².